The van der Waals surface area contributed by atoms with Gasteiger partial charge in [-0.1, -0.05) is 198 Å². The molecule has 3 aromatic rings. The minimum absolute atomic E-state index is 0.00443. The first-order valence-corrected chi connectivity index (χ1v) is 30.6. The van der Waals surface area contributed by atoms with E-state index in [1.54, 1.807) is 0 Å². The Morgan fingerprint density at radius 2 is 0.925 bits per heavy atom. The van der Waals surface area contributed by atoms with Crippen molar-refractivity contribution >= 4 is 46.0 Å². The fourth-order valence-corrected chi connectivity index (χ4v) is 11.2. The average Bonchev–Trinajstić information content (AvgIpc) is 4.05. The number of para-hydroxylation sites is 2. The van der Waals surface area contributed by atoms with E-state index in [1.807, 2.05) is 60.7 Å². The molecule has 80 heavy (non-hydrogen) atoms. The number of nitrogens with zero attached hydrogens (tertiary/aromatic N) is 7. The van der Waals surface area contributed by atoms with Gasteiger partial charge in [0.15, 0.2) is 0 Å². The molecule has 1 aromatic heterocycles. The third kappa shape index (κ3) is 16.5. The van der Waals surface area contributed by atoms with E-state index in [9.17, 15) is 20.4 Å². The molecular formula is C66H101N11O3. The second-order valence-corrected chi connectivity index (χ2v) is 24.4. The molecule has 6 unspecified atom stereocenters. The fraction of sp³-hybridized carbons (Fsp3) is 0.621. The predicted molar refractivity (Wildman–Crippen MR) is 333 cm³/mol. The minimum Gasteiger partial charge on any atom is -0.467 e. The molecule has 6 atom stereocenters. The van der Waals surface area contributed by atoms with Crippen LogP contribution in [0.25, 0.3) is 0 Å². The Kier molecular flexibility index (Phi) is 24.8. The van der Waals surface area contributed by atoms with Crippen molar-refractivity contribution in [2.24, 2.45) is 32.9 Å². The monoisotopic (exact) mass is 1100 g/mol. The van der Waals surface area contributed by atoms with Gasteiger partial charge in [-0.3, -0.25) is 20.4 Å². The van der Waals surface area contributed by atoms with E-state index in [0.29, 0.717) is 70.5 Å². The number of carbonyl (C=O) groups is 2. The highest BCUT2D eigenvalue weighted by Crippen LogP contribution is 2.40. The van der Waals surface area contributed by atoms with Crippen molar-refractivity contribution < 1.29 is 14.3 Å². The van der Waals surface area contributed by atoms with Crippen LogP contribution in [0.3, 0.4) is 0 Å². The number of aromatic nitrogens is 3. The maximum atomic E-state index is 14.9. The number of hydrogen-bond donors (Lipinski definition) is 4. The van der Waals surface area contributed by atoms with Crippen LogP contribution < -0.4 is 15.6 Å². The molecule has 0 radical (unpaired) electrons. The van der Waals surface area contributed by atoms with Crippen molar-refractivity contribution in [3.63, 3.8) is 0 Å². The van der Waals surface area contributed by atoms with E-state index in [-0.39, 0.29) is 41.3 Å². The van der Waals surface area contributed by atoms with Crippen LogP contribution in [0.4, 0.5) is 11.4 Å². The van der Waals surface area contributed by atoms with E-state index in [1.165, 1.54) is 7.11 Å². The summed E-state index contributed by atoms with van der Waals surface area (Å²) in [6.07, 6.45) is 20.7. The highest BCUT2D eigenvalue weighted by atomic mass is 16.5. The summed E-state index contributed by atoms with van der Waals surface area (Å²) in [7, 11) is 1.50. The number of ether oxygens (including phenoxy) is 1. The van der Waals surface area contributed by atoms with Crippen LogP contribution >= 0.6 is 0 Å². The molecule has 2 aliphatic rings. The van der Waals surface area contributed by atoms with Gasteiger partial charge in [-0.05, 0) is 96.6 Å². The summed E-state index contributed by atoms with van der Waals surface area (Å²) >= 11 is 0. The van der Waals surface area contributed by atoms with Crippen molar-refractivity contribution in [2.75, 3.05) is 31.1 Å². The Morgan fingerprint density at radius 1 is 0.562 bits per heavy atom. The molecule has 2 aromatic carbocycles. The average molecular weight is 1100 g/mol. The number of rotatable bonds is 31. The number of hydrazone groups is 2. The zero-order valence-electron chi connectivity index (χ0n) is 51.8. The number of methoxy groups -OCH3 is 1. The Labute approximate surface area is 482 Å². The van der Waals surface area contributed by atoms with Crippen molar-refractivity contribution in [2.45, 2.75) is 224 Å². The zero-order valence-corrected chi connectivity index (χ0v) is 51.8. The molecule has 0 aliphatic heterocycles. The van der Waals surface area contributed by atoms with E-state index in [0.717, 1.165) is 114 Å². The van der Waals surface area contributed by atoms with Gasteiger partial charge in [0.05, 0.1) is 52.9 Å². The van der Waals surface area contributed by atoms with Crippen molar-refractivity contribution in [3.05, 3.63) is 94.6 Å². The van der Waals surface area contributed by atoms with Crippen molar-refractivity contribution in [1.82, 2.24) is 24.8 Å². The number of amides is 2. The quantitative estimate of drug-likeness (QED) is 0.0459. The molecule has 0 saturated carbocycles. The molecule has 0 spiro atoms. The minimum atomic E-state index is -0.718. The molecule has 1 heterocycles. The van der Waals surface area contributed by atoms with Crippen LogP contribution in [-0.2, 0) is 0 Å². The molecule has 0 saturated heterocycles. The van der Waals surface area contributed by atoms with E-state index in [2.05, 4.69) is 118 Å². The van der Waals surface area contributed by atoms with Gasteiger partial charge in [-0.25, -0.2) is 4.98 Å². The first kappa shape index (κ1) is 64.8. The molecule has 14 nitrogen and oxygen atoms in total. The molecule has 5 rings (SSSR count). The summed E-state index contributed by atoms with van der Waals surface area (Å²) in [5.41, 5.74) is 10.9. The highest BCUT2D eigenvalue weighted by molar-refractivity contribution is 6.52. The second-order valence-electron chi connectivity index (χ2n) is 24.4. The van der Waals surface area contributed by atoms with Gasteiger partial charge < -0.3 is 25.4 Å². The summed E-state index contributed by atoms with van der Waals surface area (Å²) in [5.74, 6) is -0.0230. The topological polar surface area (TPSA) is 185 Å². The molecular weight excluding hydrogens is 995 g/mol. The lowest BCUT2D eigenvalue weighted by Crippen LogP contribution is -2.43. The largest absolute Gasteiger partial charge is 0.467 e. The molecule has 2 aliphatic carbocycles. The zero-order chi connectivity index (χ0) is 58.7. The normalized spacial score (nSPS) is 18.2. The first-order valence-electron chi connectivity index (χ1n) is 30.6. The molecule has 0 fully saturated rings. The predicted octanol–water partition coefficient (Wildman–Crippen LogP) is 16.3. The van der Waals surface area contributed by atoms with Gasteiger partial charge in [-0.15, -0.1) is 0 Å². The third-order valence-corrected chi connectivity index (χ3v) is 16.3. The maximum Gasteiger partial charge on any atom is 0.319 e. The summed E-state index contributed by atoms with van der Waals surface area (Å²) in [6.45, 7) is 31.7. The number of anilines is 2. The van der Waals surface area contributed by atoms with Crippen LogP contribution in [0, 0.1) is 33.5 Å². The summed E-state index contributed by atoms with van der Waals surface area (Å²) in [5, 5.41) is 29.5. The van der Waals surface area contributed by atoms with Gasteiger partial charge in [0, 0.05) is 25.2 Å². The second kappa shape index (κ2) is 30.7. The Morgan fingerprint density at radius 3 is 1.25 bits per heavy atom. The number of hydrogen-bond acceptors (Lipinski definition) is 12. The van der Waals surface area contributed by atoms with Crippen LogP contribution in [0.2, 0.25) is 0 Å². The van der Waals surface area contributed by atoms with E-state index >= 15 is 0 Å². The molecule has 4 N–H and O–H groups in total. The lowest BCUT2D eigenvalue weighted by Gasteiger charge is -2.35. The SMILES string of the molecule is CCCCC(CC)CN(C(=O)c1ccccc1NN=C1C(=N)C(c2nc(OC)nc(C3C=C(C(C)(C)C)C(=NNc4ccccc4C(=O)N(CC(CC)CCCC)C(CC)CCCC)C3=N)n2)C=C1C(C)(C)C)C(CC)CCCC. The standard InChI is InChI=1S/C66H101N11O3/c1-16-24-32-44(20-5)42-76(46(22-7)34-26-18-3)62(78)48-36-28-30-38-54(48)72-74-58-52(65(9,10)11)40-50(56(58)67)60-69-61(71-64(70-60)80-15)51-41-53(66(12,13)14)59(57(51)68)75-73-55-39-31-29-37-49(55)63(79)77(47(23-8)35-27-19-4)43-45(21-6)33-25-17-2/h28-31,36-41,44-47,50-51,67-68,72-73H,16-27,32-35,42-43H2,1-15H3. The molecule has 0 bridgehead atoms. The number of carbonyl (C=O) groups excluding carboxylic acids is 2. The molecule has 438 valence electrons. The maximum absolute atomic E-state index is 14.9. The Bertz CT molecular complexity index is 2500. The number of allylic oxidation sites excluding steroid dienone is 4. The molecule has 14 heteroatoms. The van der Waals surface area contributed by atoms with Gasteiger partial charge in [-0.2, -0.15) is 20.2 Å². The van der Waals surface area contributed by atoms with Gasteiger partial charge in [0.2, 0.25) is 0 Å². The van der Waals surface area contributed by atoms with Crippen LogP contribution in [-0.4, -0.2) is 91.7 Å². The van der Waals surface area contributed by atoms with E-state index in [4.69, 9.17) is 29.9 Å². The summed E-state index contributed by atoms with van der Waals surface area (Å²) in [4.78, 5) is 48.6. The van der Waals surface area contributed by atoms with Gasteiger partial charge in [0.1, 0.15) is 23.1 Å². The van der Waals surface area contributed by atoms with E-state index < -0.39 is 22.7 Å². The smallest absolute Gasteiger partial charge is 0.319 e. The van der Waals surface area contributed by atoms with Crippen LogP contribution in [0.1, 0.15) is 244 Å². The number of unbranched alkanes of at least 4 members (excludes halogenated alkanes) is 4. The Balaban J connectivity index is 1.50. The Hall–Kier alpha value is -6.05. The van der Waals surface area contributed by atoms with Crippen LogP contribution in [0.5, 0.6) is 6.01 Å². The highest BCUT2D eigenvalue weighted by Gasteiger charge is 2.41. The lowest BCUT2D eigenvalue weighted by atomic mass is 9.85. The molecule has 2 amide bonds. The van der Waals surface area contributed by atoms with Gasteiger partial charge >= 0.3 is 6.01 Å². The first-order chi connectivity index (χ1) is 38.2. The van der Waals surface area contributed by atoms with Crippen LogP contribution in [0.15, 0.2) is 82.0 Å². The van der Waals surface area contributed by atoms with Crippen molar-refractivity contribution in [3.8, 4) is 6.01 Å². The van der Waals surface area contributed by atoms with Gasteiger partial charge in [0.25, 0.3) is 11.8 Å². The summed E-state index contributed by atoms with van der Waals surface area (Å²) in [6, 6.07) is 15.5. The third-order valence-electron chi connectivity index (χ3n) is 16.3. The lowest BCUT2D eigenvalue weighted by molar-refractivity contribution is 0.0607. The number of benzene rings is 2. The number of nitrogens with one attached hydrogen (secondary N) is 4. The fourth-order valence-electron chi connectivity index (χ4n) is 11.2. The summed E-state index contributed by atoms with van der Waals surface area (Å²) < 4.78 is 5.74. The van der Waals surface area contributed by atoms with Crippen molar-refractivity contribution in [1.29, 1.82) is 10.8 Å².